The molecule has 0 radical (unpaired) electrons. The monoisotopic (exact) mass is 332 g/mol. The third kappa shape index (κ3) is 3.25. The highest BCUT2D eigenvalue weighted by Crippen LogP contribution is 2.18. The van der Waals surface area contributed by atoms with Crippen LogP contribution in [-0.4, -0.2) is 36.5 Å². The molecule has 1 amide bonds. The van der Waals surface area contributed by atoms with Crippen molar-refractivity contribution in [1.29, 1.82) is 0 Å². The fourth-order valence-electron chi connectivity index (χ4n) is 2.16. The van der Waals surface area contributed by atoms with Crippen molar-refractivity contribution >= 4 is 34.2 Å². The SMILES string of the molecule is Cc1cc(Br)ccc1C(=O)N1CCNC[C@H]1C.Cl. The summed E-state index contributed by atoms with van der Waals surface area (Å²) < 4.78 is 1.01. The summed E-state index contributed by atoms with van der Waals surface area (Å²) in [6, 6.07) is 6.07. The summed E-state index contributed by atoms with van der Waals surface area (Å²) >= 11 is 3.42. The highest BCUT2D eigenvalue weighted by molar-refractivity contribution is 9.10. The summed E-state index contributed by atoms with van der Waals surface area (Å²) in [6.45, 7) is 6.60. The van der Waals surface area contributed by atoms with Gasteiger partial charge in [0.2, 0.25) is 0 Å². The van der Waals surface area contributed by atoms with Crippen molar-refractivity contribution in [3.05, 3.63) is 33.8 Å². The Morgan fingerprint density at radius 2 is 2.22 bits per heavy atom. The largest absolute Gasteiger partial charge is 0.333 e. The Balaban J connectivity index is 0.00000162. The molecular formula is C13H18BrClN2O. The molecule has 1 aromatic rings. The van der Waals surface area contributed by atoms with E-state index in [0.717, 1.165) is 35.2 Å². The Bertz CT molecular complexity index is 439. The third-order valence-corrected chi connectivity index (χ3v) is 3.67. The molecule has 1 aliphatic heterocycles. The highest BCUT2D eigenvalue weighted by atomic mass is 79.9. The maximum atomic E-state index is 12.4. The van der Waals surface area contributed by atoms with Crippen LogP contribution in [0.4, 0.5) is 0 Å². The minimum absolute atomic E-state index is 0. The second-order valence-electron chi connectivity index (χ2n) is 4.51. The first-order valence-corrected chi connectivity index (χ1v) is 6.66. The summed E-state index contributed by atoms with van der Waals surface area (Å²) in [5.41, 5.74) is 1.83. The molecule has 0 bridgehead atoms. The van der Waals surface area contributed by atoms with Crippen LogP contribution in [0.1, 0.15) is 22.8 Å². The van der Waals surface area contributed by atoms with Crippen molar-refractivity contribution in [3.8, 4) is 0 Å². The fraction of sp³-hybridized carbons (Fsp3) is 0.462. The van der Waals surface area contributed by atoms with E-state index in [4.69, 9.17) is 0 Å². The molecule has 0 spiro atoms. The van der Waals surface area contributed by atoms with Gasteiger partial charge in [-0.2, -0.15) is 0 Å². The van der Waals surface area contributed by atoms with Gasteiger partial charge in [0, 0.05) is 35.7 Å². The van der Waals surface area contributed by atoms with Gasteiger partial charge in [-0.1, -0.05) is 15.9 Å². The fourth-order valence-corrected chi connectivity index (χ4v) is 2.64. The molecule has 1 fully saturated rings. The van der Waals surface area contributed by atoms with Gasteiger partial charge in [-0.15, -0.1) is 12.4 Å². The van der Waals surface area contributed by atoms with E-state index in [1.807, 2.05) is 30.0 Å². The molecule has 18 heavy (non-hydrogen) atoms. The molecule has 1 heterocycles. The topological polar surface area (TPSA) is 32.3 Å². The van der Waals surface area contributed by atoms with Gasteiger partial charge < -0.3 is 10.2 Å². The number of piperazine rings is 1. The number of carbonyl (C=O) groups excluding carboxylic acids is 1. The maximum Gasteiger partial charge on any atom is 0.254 e. The van der Waals surface area contributed by atoms with E-state index in [9.17, 15) is 4.79 Å². The summed E-state index contributed by atoms with van der Waals surface area (Å²) in [6.07, 6.45) is 0. The van der Waals surface area contributed by atoms with E-state index in [1.54, 1.807) is 0 Å². The molecule has 1 atom stereocenters. The quantitative estimate of drug-likeness (QED) is 0.857. The summed E-state index contributed by atoms with van der Waals surface area (Å²) in [5.74, 6) is 0.143. The molecule has 0 saturated carbocycles. The zero-order chi connectivity index (χ0) is 12.4. The van der Waals surface area contributed by atoms with Crippen molar-refractivity contribution in [2.75, 3.05) is 19.6 Å². The molecule has 1 saturated heterocycles. The van der Waals surface area contributed by atoms with Crippen LogP contribution in [0.5, 0.6) is 0 Å². The van der Waals surface area contributed by atoms with Gasteiger partial charge in [0.05, 0.1) is 0 Å². The first kappa shape index (κ1) is 15.5. The number of hydrogen-bond donors (Lipinski definition) is 1. The molecule has 3 nitrogen and oxygen atoms in total. The Morgan fingerprint density at radius 1 is 1.50 bits per heavy atom. The van der Waals surface area contributed by atoms with Crippen molar-refractivity contribution in [3.63, 3.8) is 0 Å². The standard InChI is InChI=1S/C13H17BrN2O.ClH/c1-9-7-11(14)3-4-12(9)13(17)16-6-5-15-8-10(16)2;/h3-4,7,10,15H,5-6,8H2,1-2H3;1H/t10-;/m1./s1. The lowest BCUT2D eigenvalue weighted by atomic mass is 10.1. The van der Waals surface area contributed by atoms with E-state index < -0.39 is 0 Å². The van der Waals surface area contributed by atoms with Crippen LogP contribution >= 0.6 is 28.3 Å². The number of rotatable bonds is 1. The summed E-state index contributed by atoms with van der Waals surface area (Å²) in [7, 11) is 0. The predicted molar refractivity (Wildman–Crippen MR) is 79.5 cm³/mol. The normalized spacial score (nSPS) is 19.3. The van der Waals surface area contributed by atoms with Crippen LogP contribution in [0, 0.1) is 6.92 Å². The van der Waals surface area contributed by atoms with Crippen LogP contribution in [0.3, 0.4) is 0 Å². The number of hydrogen-bond acceptors (Lipinski definition) is 2. The molecular weight excluding hydrogens is 316 g/mol. The molecule has 0 aromatic heterocycles. The minimum Gasteiger partial charge on any atom is -0.333 e. The lowest BCUT2D eigenvalue weighted by molar-refractivity contribution is 0.0655. The van der Waals surface area contributed by atoms with Crippen molar-refractivity contribution in [2.24, 2.45) is 0 Å². The van der Waals surface area contributed by atoms with Crippen LogP contribution in [0.15, 0.2) is 22.7 Å². The molecule has 100 valence electrons. The third-order valence-electron chi connectivity index (χ3n) is 3.18. The first-order valence-electron chi connectivity index (χ1n) is 5.87. The van der Waals surface area contributed by atoms with Gasteiger partial charge in [0.1, 0.15) is 0 Å². The minimum atomic E-state index is 0. The summed E-state index contributed by atoms with van der Waals surface area (Å²) in [5, 5.41) is 3.29. The average Bonchev–Trinajstić information content (AvgIpc) is 2.29. The zero-order valence-electron chi connectivity index (χ0n) is 10.6. The van der Waals surface area contributed by atoms with Crippen LogP contribution in [0.2, 0.25) is 0 Å². The van der Waals surface area contributed by atoms with Crippen molar-refractivity contribution in [2.45, 2.75) is 19.9 Å². The van der Waals surface area contributed by atoms with E-state index in [1.165, 1.54) is 0 Å². The number of halogens is 2. The molecule has 0 unspecified atom stereocenters. The highest BCUT2D eigenvalue weighted by Gasteiger charge is 2.24. The van der Waals surface area contributed by atoms with Gasteiger partial charge in [-0.05, 0) is 37.6 Å². The average molecular weight is 334 g/mol. The van der Waals surface area contributed by atoms with Gasteiger partial charge in [-0.25, -0.2) is 0 Å². The van der Waals surface area contributed by atoms with E-state index >= 15 is 0 Å². The van der Waals surface area contributed by atoms with Crippen LogP contribution < -0.4 is 5.32 Å². The van der Waals surface area contributed by atoms with E-state index in [0.29, 0.717) is 0 Å². The van der Waals surface area contributed by atoms with Crippen molar-refractivity contribution < 1.29 is 4.79 Å². The number of nitrogens with one attached hydrogen (secondary N) is 1. The number of carbonyl (C=O) groups is 1. The Hall–Kier alpha value is -0.580. The zero-order valence-corrected chi connectivity index (χ0v) is 13.0. The van der Waals surface area contributed by atoms with Gasteiger partial charge in [0.15, 0.2) is 0 Å². The van der Waals surface area contributed by atoms with Crippen LogP contribution in [0.25, 0.3) is 0 Å². The molecule has 1 aliphatic rings. The second-order valence-corrected chi connectivity index (χ2v) is 5.43. The first-order chi connectivity index (χ1) is 8.09. The molecule has 0 aliphatic carbocycles. The predicted octanol–water partition coefficient (Wildman–Crippen LogP) is 2.61. The Labute approximate surface area is 122 Å². The number of aryl methyl sites for hydroxylation is 1. The van der Waals surface area contributed by atoms with Gasteiger partial charge in [0.25, 0.3) is 5.91 Å². The molecule has 2 rings (SSSR count). The number of nitrogens with zero attached hydrogens (tertiary/aromatic N) is 1. The van der Waals surface area contributed by atoms with Gasteiger partial charge in [-0.3, -0.25) is 4.79 Å². The maximum absolute atomic E-state index is 12.4. The summed E-state index contributed by atoms with van der Waals surface area (Å²) in [4.78, 5) is 14.4. The Morgan fingerprint density at radius 3 is 2.83 bits per heavy atom. The van der Waals surface area contributed by atoms with E-state index in [-0.39, 0.29) is 24.4 Å². The molecule has 5 heteroatoms. The second kappa shape index (κ2) is 6.55. The lowest BCUT2D eigenvalue weighted by Gasteiger charge is -2.34. The van der Waals surface area contributed by atoms with E-state index in [2.05, 4.69) is 28.2 Å². The number of benzene rings is 1. The number of amides is 1. The van der Waals surface area contributed by atoms with Crippen LogP contribution in [-0.2, 0) is 0 Å². The molecule has 1 N–H and O–H groups in total. The van der Waals surface area contributed by atoms with Gasteiger partial charge >= 0.3 is 0 Å². The molecule has 1 aromatic carbocycles. The van der Waals surface area contributed by atoms with Crippen molar-refractivity contribution in [1.82, 2.24) is 10.2 Å². The smallest absolute Gasteiger partial charge is 0.254 e. The lowest BCUT2D eigenvalue weighted by Crippen LogP contribution is -2.52. The Kier molecular flexibility index (Phi) is 5.63.